The number of nitrogens with one attached hydrogen (secondary N) is 1. The molecule has 4 rings (SSSR count). The van der Waals surface area contributed by atoms with Crippen molar-refractivity contribution in [2.45, 2.75) is 6.42 Å². The number of benzene rings is 2. The Hall–Kier alpha value is -3.57. The fraction of sp³-hybridized carbons (Fsp3) is 0.208. The third-order valence-electron chi connectivity index (χ3n) is 5.31. The highest BCUT2D eigenvalue weighted by atomic mass is 79.9. The van der Waals surface area contributed by atoms with Gasteiger partial charge in [-0.05, 0) is 76.9 Å². The van der Waals surface area contributed by atoms with Gasteiger partial charge in [0.15, 0.2) is 10.4 Å². The van der Waals surface area contributed by atoms with E-state index in [0.717, 1.165) is 18.7 Å². The van der Waals surface area contributed by atoms with Crippen LogP contribution >= 0.6 is 15.9 Å². The second kappa shape index (κ2) is 9.71. The summed E-state index contributed by atoms with van der Waals surface area (Å²) in [4.78, 5) is 29.5. The molecule has 32 heavy (non-hydrogen) atoms. The monoisotopic (exact) mass is 492 g/mol. The van der Waals surface area contributed by atoms with Gasteiger partial charge in [-0.2, -0.15) is 5.26 Å². The van der Waals surface area contributed by atoms with Gasteiger partial charge in [0.05, 0.1) is 11.6 Å². The Kier molecular flexibility index (Phi) is 6.57. The van der Waals surface area contributed by atoms with Crippen LogP contribution in [0.5, 0.6) is 0 Å². The number of nitrogens with zero attached hydrogens (tertiary/aromatic N) is 3. The number of nitriles is 1. The molecule has 1 fully saturated rings. The Morgan fingerprint density at radius 3 is 2.53 bits per heavy atom. The van der Waals surface area contributed by atoms with Gasteiger partial charge >= 0.3 is 0 Å². The number of halogens is 1. The van der Waals surface area contributed by atoms with Gasteiger partial charge in [0, 0.05) is 43.1 Å². The van der Waals surface area contributed by atoms with Crippen LogP contribution in [-0.2, 0) is 0 Å². The third kappa shape index (κ3) is 5.01. The lowest BCUT2D eigenvalue weighted by atomic mass is 10.1. The summed E-state index contributed by atoms with van der Waals surface area (Å²) in [6.07, 6.45) is 0.843. The summed E-state index contributed by atoms with van der Waals surface area (Å²) in [5.41, 5.74) is 2.73. The van der Waals surface area contributed by atoms with Gasteiger partial charge in [0.25, 0.3) is 11.8 Å². The summed E-state index contributed by atoms with van der Waals surface area (Å²) >= 11 is 3.18. The number of anilines is 2. The van der Waals surface area contributed by atoms with Crippen molar-refractivity contribution in [2.75, 3.05) is 36.4 Å². The molecule has 1 aliphatic heterocycles. The Labute approximate surface area is 194 Å². The van der Waals surface area contributed by atoms with Crippen molar-refractivity contribution in [3.8, 4) is 6.07 Å². The standard InChI is InChI=1S/C24H21BrN4O3/c25-22-10-9-21(32-22)23(30)27-19-4-1-3-18(15-19)24(31)29-12-2-11-28(13-14-29)20-7-5-17(16-26)6-8-20/h1,3-10,15H,2,11-14H2,(H,27,30). The van der Waals surface area contributed by atoms with Crippen LogP contribution in [-0.4, -0.2) is 42.9 Å². The fourth-order valence-electron chi connectivity index (χ4n) is 3.67. The molecule has 2 amide bonds. The lowest BCUT2D eigenvalue weighted by Gasteiger charge is -2.24. The second-order valence-corrected chi connectivity index (χ2v) is 8.21. The van der Waals surface area contributed by atoms with E-state index in [0.29, 0.717) is 41.1 Å². The van der Waals surface area contributed by atoms with E-state index in [1.807, 2.05) is 29.2 Å². The van der Waals surface area contributed by atoms with E-state index in [2.05, 4.69) is 32.2 Å². The molecule has 1 N–H and O–H groups in total. The molecule has 0 aliphatic carbocycles. The van der Waals surface area contributed by atoms with Gasteiger partial charge in [-0.3, -0.25) is 9.59 Å². The minimum Gasteiger partial charge on any atom is -0.444 e. The topological polar surface area (TPSA) is 89.6 Å². The first-order valence-corrected chi connectivity index (χ1v) is 11.0. The van der Waals surface area contributed by atoms with E-state index in [1.54, 1.807) is 36.4 Å². The van der Waals surface area contributed by atoms with E-state index in [-0.39, 0.29) is 17.6 Å². The lowest BCUT2D eigenvalue weighted by molar-refractivity contribution is 0.0766. The van der Waals surface area contributed by atoms with Crippen molar-refractivity contribution in [2.24, 2.45) is 0 Å². The normalized spacial score (nSPS) is 13.9. The maximum Gasteiger partial charge on any atom is 0.291 e. The Balaban J connectivity index is 1.41. The largest absolute Gasteiger partial charge is 0.444 e. The number of carbonyl (C=O) groups excluding carboxylic acids is 2. The minimum absolute atomic E-state index is 0.0662. The Bertz CT molecular complexity index is 1170. The number of hydrogen-bond donors (Lipinski definition) is 1. The maximum absolute atomic E-state index is 13.1. The molecule has 0 spiro atoms. The van der Waals surface area contributed by atoms with Crippen LogP contribution in [0.1, 0.15) is 32.9 Å². The molecule has 1 aromatic heterocycles. The van der Waals surface area contributed by atoms with Crippen LogP contribution in [0.4, 0.5) is 11.4 Å². The molecule has 1 saturated heterocycles. The molecule has 2 aromatic carbocycles. The smallest absolute Gasteiger partial charge is 0.291 e. The number of amides is 2. The summed E-state index contributed by atoms with van der Waals surface area (Å²) in [6, 6.07) is 19.8. The predicted molar refractivity (Wildman–Crippen MR) is 125 cm³/mol. The van der Waals surface area contributed by atoms with Gasteiger partial charge in [0.1, 0.15) is 0 Å². The molecule has 1 aliphatic rings. The van der Waals surface area contributed by atoms with E-state index in [9.17, 15) is 9.59 Å². The van der Waals surface area contributed by atoms with E-state index in [1.165, 1.54) is 0 Å². The van der Waals surface area contributed by atoms with Crippen molar-refractivity contribution in [3.63, 3.8) is 0 Å². The minimum atomic E-state index is -0.381. The van der Waals surface area contributed by atoms with Crippen LogP contribution in [0.25, 0.3) is 0 Å². The fourth-order valence-corrected chi connectivity index (χ4v) is 3.97. The van der Waals surface area contributed by atoms with Crippen molar-refractivity contribution >= 4 is 39.1 Å². The zero-order valence-electron chi connectivity index (χ0n) is 17.3. The quantitative estimate of drug-likeness (QED) is 0.578. The summed E-state index contributed by atoms with van der Waals surface area (Å²) in [6.45, 7) is 2.80. The molecule has 0 atom stereocenters. The average Bonchev–Trinajstić information content (AvgIpc) is 3.11. The molecule has 0 radical (unpaired) electrons. The molecule has 3 aromatic rings. The molecule has 0 saturated carbocycles. The van der Waals surface area contributed by atoms with Crippen molar-refractivity contribution in [1.82, 2.24) is 4.90 Å². The molecule has 2 heterocycles. The van der Waals surface area contributed by atoms with E-state index in [4.69, 9.17) is 9.68 Å². The molecule has 0 bridgehead atoms. The van der Waals surface area contributed by atoms with Gasteiger partial charge < -0.3 is 19.5 Å². The number of rotatable bonds is 4. The first-order valence-electron chi connectivity index (χ1n) is 10.2. The maximum atomic E-state index is 13.1. The van der Waals surface area contributed by atoms with Crippen molar-refractivity contribution in [3.05, 3.63) is 82.2 Å². The van der Waals surface area contributed by atoms with Gasteiger partial charge in [-0.25, -0.2) is 0 Å². The predicted octanol–water partition coefficient (Wildman–Crippen LogP) is 4.52. The van der Waals surface area contributed by atoms with E-state index < -0.39 is 0 Å². The summed E-state index contributed by atoms with van der Waals surface area (Å²) < 4.78 is 5.75. The summed E-state index contributed by atoms with van der Waals surface area (Å²) in [5.74, 6) is -0.263. The highest BCUT2D eigenvalue weighted by molar-refractivity contribution is 9.10. The highest BCUT2D eigenvalue weighted by Gasteiger charge is 2.21. The average molecular weight is 493 g/mol. The number of hydrogen-bond acceptors (Lipinski definition) is 5. The zero-order valence-corrected chi connectivity index (χ0v) is 18.8. The highest BCUT2D eigenvalue weighted by Crippen LogP contribution is 2.20. The number of carbonyl (C=O) groups is 2. The summed E-state index contributed by atoms with van der Waals surface area (Å²) in [5, 5.41) is 11.7. The van der Waals surface area contributed by atoms with Crippen LogP contribution in [0.15, 0.2) is 69.8 Å². The molecule has 8 heteroatoms. The molecule has 0 unspecified atom stereocenters. The molecular formula is C24H21BrN4O3. The van der Waals surface area contributed by atoms with Crippen molar-refractivity contribution < 1.29 is 14.0 Å². The van der Waals surface area contributed by atoms with Crippen LogP contribution in [0.2, 0.25) is 0 Å². The Morgan fingerprint density at radius 1 is 1.00 bits per heavy atom. The van der Waals surface area contributed by atoms with Crippen molar-refractivity contribution in [1.29, 1.82) is 5.26 Å². The summed E-state index contributed by atoms with van der Waals surface area (Å²) in [7, 11) is 0. The third-order valence-corrected chi connectivity index (χ3v) is 5.74. The Morgan fingerprint density at radius 2 is 1.81 bits per heavy atom. The van der Waals surface area contributed by atoms with Crippen LogP contribution in [0, 0.1) is 11.3 Å². The first-order chi connectivity index (χ1) is 15.5. The van der Waals surface area contributed by atoms with Gasteiger partial charge in [-0.15, -0.1) is 0 Å². The lowest BCUT2D eigenvalue weighted by Crippen LogP contribution is -2.35. The van der Waals surface area contributed by atoms with Crippen LogP contribution in [0.3, 0.4) is 0 Å². The SMILES string of the molecule is N#Cc1ccc(N2CCCN(C(=O)c3cccc(NC(=O)c4ccc(Br)o4)c3)CC2)cc1. The van der Waals surface area contributed by atoms with Gasteiger partial charge in [0.2, 0.25) is 0 Å². The molecular weight excluding hydrogens is 472 g/mol. The molecule has 162 valence electrons. The molecule has 7 nitrogen and oxygen atoms in total. The van der Waals surface area contributed by atoms with E-state index >= 15 is 0 Å². The number of furan rings is 1. The van der Waals surface area contributed by atoms with Gasteiger partial charge in [-0.1, -0.05) is 6.07 Å². The zero-order chi connectivity index (χ0) is 22.5. The van der Waals surface area contributed by atoms with Crippen LogP contribution < -0.4 is 10.2 Å². The first kappa shape index (κ1) is 21.7. The second-order valence-electron chi connectivity index (χ2n) is 7.43.